The van der Waals surface area contributed by atoms with Crippen molar-refractivity contribution in [1.29, 1.82) is 0 Å². The van der Waals surface area contributed by atoms with Crippen LogP contribution in [0.3, 0.4) is 0 Å². The quantitative estimate of drug-likeness (QED) is 0.578. The van der Waals surface area contributed by atoms with E-state index < -0.39 is 0 Å². The SMILES string of the molecule is c1cc2cc(-c3cn(Cc4ccc(CN5CCCCC5)cc4)nn3)cnc2[nH]1. The molecule has 142 valence electrons. The summed E-state index contributed by atoms with van der Waals surface area (Å²) in [5.41, 5.74) is 5.34. The number of piperidine rings is 1. The molecule has 0 amide bonds. The number of nitrogens with zero attached hydrogens (tertiary/aromatic N) is 5. The van der Waals surface area contributed by atoms with Crippen LogP contribution in [-0.2, 0) is 13.1 Å². The molecule has 4 aromatic rings. The van der Waals surface area contributed by atoms with Crippen molar-refractivity contribution in [2.75, 3.05) is 13.1 Å². The first kappa shape index (κ1) is 17.1. The van der Waals surface area contributed by atoms with Gasteiger partial charge in [0, 0.05) is 29.9 Å². The van der Waals surface area contributed by atoms with Crippen LogP contribution in [-0.4, -0.2) is 43.0 Å². The fourth-order valence-corrected chi connectivity index (χ4v) is 3.90. The van der Waals surface area contributed by atoms with Gasteiger partial charge in [0.2, 0.25) is 0 Å². The van der Waals surface area contributed by atoms with E-state index in [1.165, 1.54) is 43.5 Å². The fraction of sp³-hybridized carbons (Fsp3) is 0.318. The maximum Gasteiger partial charge on any atom is 0.137 e. The van der Waals surface area contributed by atoms with Gasteiger partial charge >= 0.3 is 0 Å². The van der Waals surface area contributed by atoms with Gasteiger partial charge in [0.1, 0.15) is 11.3 Å². The van der Waals surface area contributed by atoms with E-state index in [4.69, 9.17) is 0 Å². The van der Waals surface area contributed by atoms with Gasteiger partial charge in [0.05, 0.1) is 12.7 Å². The predicted molar refractivity (Wildman–Crippen MR) is 110 cm³/mol. The molecular formula is C22H24N6. The summed E-state index contributed by atoms with van der Waals surface area (Å²) in [7, 11) is 0. The Morgan fingerprint density at radius 3 is 2.54 bits per heavy atom. The van der Waals surface area contributed by atoms with E-state index in [0.29, 0.717) is 0 Å². The number of rotatable bonds is 5. The third-order valence-electron chi connectivity index (χ3n) is 5.46. The van der Waals surface area contributed by atoms with Crippen LogP contribution >= 0.6 is 0 Å². The number of aromatic amines is 1. The third kappa shape index (κ3) is 3.68. The lowest BCUT2D eigenvalue weighted by atomic mass is 10.1. The summed E-state index contributed by atoms with van der Waals surface area (Å²) in [6, 6.07) is 13.0. The van der Waals surface area contributed by atoms with E-state index in [1.807, 2.05) is 29.3 Å². The van der Waals surface area contributed by atoms with E-state index in [-0.39, 0.29) is 0 Å². The van der Waals surface area contributed by atoms with Gasteiger partial charge in [-0.25, -0.2) is 9.67 Å². The van der Waals surface area contributed by atoms with Gasteiger partial charge < -0.3 is 4.98 Å². The van der Waals surface area contributed by atoms with Gasteiger partial charge in [-0.05, 0) is 49.2 Å². The summed E-state index contributed by atoms with van der Waals surface area (Å²) in [5, 5.41) is 9.70. The second kappa shape index (κ2) is 7.56. The van der Waals surface area contributed by atoms with Gasteiger partial charge in [-0.2, -0.15) is 0 Å². The van der Waals surface area contributed by atoms with Gasteiger partial charge in [0.25, 0.3) is 0 Å². The summed E-state index contributed by atoms with van der Waals surface area (Å²) in [4.78, 5) is 10.1. The Bertz CT molecular complexity index is 1060. The topological polar surface area (TPSA) is 62.6 Å². The monoisotopic (exact) mass is 372 g/mol. The first-order valence-electron chi connectivity index (χ1n) is 9.97. The molecule has 0 unspecified atom stereocenters. The second-order valence-corrected chi connectivity index (χ2v) is 7.59. The van der Waals surface area contributed by atoms with E-state index in [2.05, 4.69) is 55.5 Å². The molecule has 4 heterocycles. The smallest absolute Gasteiger partial charge is 0.137 e. The molecule has 0 radical (unpaired) electrons. The van der Waals surface area contributed by atoms with Crippen LogP contribution in [0.15, 0.2) is 55.0 Å². The Morgan fingerprint density at radius 2 is 1.71 bits per heavy atom. The van der Waals surface area contributed by atoms with Crippen molar-refractivity contribution >= 4 is 11.0 Å². The average molecular weight is 372 g/mol. The third-order valence-corrected chi connectivity index (χ3v) is 5.46. The molecule has 6 nitrogen and oxygen atoms in total. The van der Waals surface area contributed by atoms with Crippen molar-refractivity contribution in [3.63, 3.8) is 0 Å². The molecule has 1 N–H and O–H groups in total. The van der Waals surface area contributed by atoms with E-state index in [1.54, 1.807) is 0 Å². The lowest BCUT2D eigenvalue weighted by molar-refractivity contribution is 0.221. The zero-order chi connectivity index (χ0) is 18.8. The van der Waals surface area contributed by atoms with Crippen molar-refractivity contribution < 1.29 is 0 Å². The van der Waals surface area contributed by atoms with E-state index in [9.17, 15) is 0 Å². The minimum atomic E-state index is 0.719. The number of aromatic nitrogens is 5. The van der Waals surface area contributed by atoms with Crippen molar-refractivity contribution in [3.8, 4) is 11.3 Å². The molecule has 0 bridgehead atoms. The molecule has 1 aromatic carbocycles. The number of pyridine rings is 1. The van der Waals surface area contributed by atoms with Gasteiger partial charge in [-0.1, -0.05) is 35.9 Å². The molecular weight excluding hydrogens is 348 g/mol. The van der Waals surface area contributed by atoms with Crippen molar-refractivity contribution in [2.24, 2.45) is 0 Å². The molecule has 0 saturated carbocycles. The molecule has 1 fully saturated rings. The highest BCUT2D eigenvalue weighted by Crippen LogP contribution is 2.20. The number of hydrogen-bond acceptors (Lipinski definition) is 4. The molecule has 5 rings (SSSR count). The number of hydrogen-bond donors (Lipinski definition) is 1. The standard InChI is InChI=1S/C22H24N6/c1-2-10-27(11-3-1)14-17-4-6-18(7-5-17)15-28-16-21(25-26-28)20-12-19-8-9-23-22(19)24-13-20/h4-9,12-13,16H,1-3,10-11,14-15H2,(H,23,24). The lowest BCUT2D eigenvalue weighted by Gasteiger charge is -2.26. The Balaban J connectivity index is 1.26. The number of fused-ring (bicyclic) bond motifs is 1. The van der Waals surface area contributed by atoms with Crippen LogP contribution in [0.5, 0.6) is 0 Å². The lowest BCUT2D eigenvalue weighted by Crippen LogP contribution is -2.29. The molecule has 1 aliphatic rings. The molecule has 0 aliphatic carbocycles. The molecule has 1 aliphatic heterocycles. The van der Waals surface area contributed by atoms with E-state index >= 15 is 0 Å². The summed E-state index contributed by atoms with van der Waals surface area (Å²) >= 11 is 0. The molecule has 28 heavy (non-hydrogen) atoms. The molecule has 6 heteroatoms. The average Bonchev–Trinajstić information content (AvgIpc) is 3.39. The van der Waals surface area contributed by atoms with Crippen molar-refractivity contribution in [3.05, 3.63) is 66.1 Å². The largest absolute Gasteiger partial charge is 0.346 e. The Labute approximate surface area is 164 Å². The molecule has 1 saturated heterocycles. The Hall–Kier alpha value is -2.99. The van der Waals surface area contributed by atoms with Crippen molar-refractivity contribution in [2.45, 2.75) is 32.4 Å². The number of likely N-dealkylation sites (tertiary alicyclic amines) is 1. The number of nitrogens with one attached hydrogen (secondary N) is 1. The van der Waals surface area contributed by atoms with E-state index in [0.717, 1.165) is 35.4 Å². The maximum atomic E-state index is 4.43. The summed E-state index contributed by atoms with van der Waals surface area (Å²) in [6.45, 7) is 4.24. The minimum Gasteiger partial charge on any atom is -0.346 e. The highest BCUT2D eigenvalue weighted by Gasteiger charge is 2.11. The summed E-state index contributed by atoms with van der Waals surface area (Å²) in [6.07, 6.45) is 9.76. The zero-order valence-corrected chi connectivity index (χ0v) is 15.9. The first-order valence-corrected chi connectivity index (χ1v) is 9.97. The molecule has 0 atom stereocenters. The predicted octanol–water partition coefficient (Wildman–Crippen LogP) is 3.86. The first-order chi connectivity index (χ1) is 13.8. The molecule has 3 aromatic heterocycles. The van der Waals surface area contributed by atoms with Crippen LogP contribution in [0.25, 0.3) is 22.3 Å². The highest BCUT2D eigenvalue weighted by atomic mass is 15.4. The summed E-state index contributed by atoms with van der Waals surface area (Å²) in [5.74, 6) is 0. The summed E-state index contributed by atoms with van der Waals surface area (Å²) < 4.78 is 1.89. The van der Waals surface area contributed by atoms with Crippen molar-refractivity contribution in [1.82, 2.24) is 29.9 Å². The molecule has 0 spiro atoms. The fourth-order valence-electron chi connectivity index (χ4n) is 3.90. The Morgan fingerprint density at radius 1 is 0.929 bits per heavy atom. The minimum absolute atomic E-state index is 0.719. The van der Waals surface area contributed by atoms with Gasteiger partial charge in [-0.15, -0.1) is 5.10 Å². The number of H-pyrrole nitrogens is 1. The van der Waals surface area contributed by atoms with Gasteiger partial charge in [0.15, 0.2) is 0 Å². The van der Waals surface area contributed by atoms with Crippen LogP contribution in [0, 0.1) is 0 Å². The van der Waals surface area contributed by atoms with Crippen LogP contribution < -0.4 is 0 Å². The zero-order valence-electron chi connectivity index (χ0n) is 15.9. The van der Waals surface area contributed by atoms with Crippen LogP contribution in [0.2, 0.25) is 0 Å². The van der Waals surface area contributed by atoms with Crippen LogP contribution in [0.1, 0.15) is 30.4 Å². The van der Waals surface area contributed by atoms with Gasteiger partial charge in [-0.3, -0.25) is 4.90 Å². The maximum absolute atomic E-state index is 4.43. The normalized spacial score (nSPS) is 15.3. The number of benzene rings is 1. The van der Waals surface area contributed by atoms with Crippen LogP contribution in [0.4, 0.5) is 0 Å². The Kier molecular flexibility index (Phi) is 4.62. The highest BCUT2D eigenvalue weighted by molar-refractivity contribution is 5.80. The second-order valence-electron chi connectivity index (χ2n) is 7.59.